The van der Waals surface area contributed by atoms with Crippen LogP contribution in [0.4, 0.5) is 5.69 Å². The SMILES string of the molecule is CC(C)C(=O)Nc1ccc(CNC(=O)c2cc3ccccc3c(=O)[nH]2)cc1. The normalized spacial score (nSPS) is 10.8. The molecule has 6 heteroatoms. The number of amides is 2. The number of anilines is 1. The lowest BCUT2D eigenvalue weighted by atomic mass is 10.1. The Labute approximate surface area is 156 Å². The van der Waals surface area contributed by atoms with Crippen molar-refractivity contribution in [2.45, 2.75) is 20.4 Å². The zero-order valence-corrected chi connectivity index (χ0v) is 15.2. The van der Waals surface area contributed by atoms with Crippen molar-refractivity contribution in [3.05, 3.63) is 76.2 Å². The standard InChI is InChI=1S/C21H21N3O3/c1-13(2)19(25)23-16-9-7-14(8-10-16)12-22-21(27)18-11-15-5-3-4-6-17(15)20(26)24-18/h3-11,13H,12H2,1-2H3,(H,22,27)(H,23,25)(H,24,26). The second-order valence-electron chi connectivity index (χ2n) is 6.62. The van der Waals surface area contributed by atoms with Crippen molar-refractivity contribution in [1.82, 2.24) is 10.3 Å². The van der Waals surface area contributed by atoms with Crippen LogP contribution in [0.25, 0.3) is 10.8 Å². The van der Waals surface area contributed by atoms with Crippen LogP contribution < -0.4 is 16.2 Å². The molecule has 0 fully saturated rings. The van der Waals surface area contributed by atoms with Crippen LogP contribution in [0.1, 0.15) is 29.9 Å². The number of hydrogen-bond donors (Lipinski definition) is 3. The van der Waals surface area contributed by atoms with Gasteiger partial charge >= 0.3 is 0 Å². The van der Waals surface area contributed by atoms with E-state index < -0.39 is 0 Å². The molecule has 0 spiro atoms. The molecule has 27 heavy (non-hydrogen) atoms. The Bertz CT molecular complexity index is 1040. The number of H-pyrrole nitrogens is 1. The minimum absolute atomic E-state index is 0.0451. The lowest BCUT2D eigenvalue weighted by molar-refractivity contribution is -0.118. The van der Waals surface area contributed by atoms with Gasteiger partial charge in [0, 0.05) is 23.5 Å². The van der Waals surface area contributed by atoms with Crippen LogP contribution in [0.15, 0.2) is 59.4 Å². The van der Waals surface area contributed by atoms with Gasteiger partial charge in [0.2, 0.25) is 5.91 Å². The van der Waals surface area contributed by atoms with Crippen molar-refractivity contribution < 1.29 is 9.59 Å². The molecule has 0 saturated carbocycles. The van der Waals surface area contributed by atoms with Gasteiger partial charge in [-0.15, -0.1) is 0 Å². The van der Waals surface area contributed by atoms with Crippen LogP contribution in [-0.4, -0.2) is 16.8 Å². The first-order valence-electron chi connectivity index (χ1n) is 8.74. The van der Waals surface area contributed by atoms with Crippen LogP contribution in [0.3, 0.4) is 0 Å². The molecule has 0 aliphatic heterocycles. The molecule has 3 rings (SSSR count). The van der Waals surface area contributed by atoms with E-state index in [1.165, 1.54) is 0 Å². The summed E-state index contributed by atoms with van der Waals surface area (Å²) in [6.07, 6.45) is 0. The first-order valence-corrected chi connectivity index (χ1v) is 8.74. The first-order chi connectivity index (χ1) is 12.9. The molecule has 0 aliphatic rings. The number of carbonyl (C=O) groups is 2. The Morgan fingerprint density at radius 3 is 2.44 bits per heavy atom. The van der Waals surface area contributed by atoms with Gasteiger partial charge in [-0.05, 0) is 35.2 Å². The van der Waals surface area contributed by atoms with Crippen LogP contribution in [-0.2, 0) is 11.3 Å². The number of fused-ring (bicyclic) bond motifs is 1. The lowest BCUT2D eigenvalue weighted by Gasteiger charge is -2.09. The largest absolute Gasteiger partial charge is 0.347 e. The van der Waals surface area contributed by atoms with Crippen LogP contribution >= 0.6 is 0 Å². The molecule has 2 amide bonds. The highest BCUT2D eigenvalue weighted by Gasteiger charge is 2.10. The van der Waals surface area contributed by atoms with Crippen LogP contribution in [0.2, 0.25) is 0 Å². The average Bonchev–Trinajstić information content (AvgIpc) is 2.67. The fourth-order valence-electron chi connectivity index (χ4n) is 2.60. The number of nitrogens with one attached hydrogen (secondary N) is 3. The summed E-state index contributed by atoms with van der Waals surface area (Å²) < 4.78 is 0. The fourth-order valence-corrected chi connectivity index (χ4v) is 2.60. The molecule has 0 atom stereocenters. The van der Waals surface area contributed by atoms with Gasteiger partial charge in [0.1, 0.15) is 5.69 Å². The highest BCUT2D eigenvalue weighted by atomic mass is 16.2. The maximum Gasteiger partial charge on any atom is 0.268 e. The van der Waals surface area contributed by atoms with Gasteiger partial charge in [0.25, 0.3) is 11.5 Å². The molecular weight excluding hydrogens is 342 g/mol. The minimum atomic E-state index is -0.352. The van der Waals surface area contributed by atoms with Gasteiger partial charge in [-0.2, -0.15) is 0 Å². The van der Waals surface area contributed by atoms with E-state index in [4.69, 9.17) is 0 Å². The molecule has 3 aromatic rings. The van der Waals surface area contributed by atoms with Crippen molar-refractivity contribution in [3.8, 4) is 0 Å². The van der Waals surface area contributed by atoms with Gasteiger partial charge in [0.15, 0.2) is 0 Å². The van der Waals surface area contributed by atoms with Crippen LogP contribution in [0.5, 0.6) is 0 Å². The molecule has 1 heterocycles. The quantitative estimate of drug-likeness (QED) is 0.651. The number of aromatic nitrogens is 1. The summed E-state index contributed by atoms with van der Waals surface area (Å²) in [7, 11) is 0. The molecular formula is C21H21N3O3. The van der Waals surface area contributed by atoms with Crippen molar-refractivity contribution in [2.75, 3.05) is 5.32 Å². The van der Waals surface area contributed by atoms with E-state index in [0.29, 0.717) is 17.6 Å². The Hall–Kier alpha value is -3.41. The van der Waals surface area contributed by atoms with Crippen molar-refractivity contribution in [3.63, 3.8) is 0 Å². The van der Waals surface area contributed by atoms with Gasteiger partial charge in [-0.3, -0.25) is 14.4 Å². The van der Waals surface area contributed by atoms with Crippen LogP contribution in [0, 0.1) is 5.92 Å². The topological polar surface area (TPSA) is 91.1 Å². The molecule has 0 radical (unpaired) electrons. The first kappa shape index (κ1) is 18.4. The third-order valence-electron chi connectivity index (χ3n) is 4.20. The molecule has 0 unspecified atom stereocenters. The summed E-state index contributed by atoms with van der Waals surface area (Å²) in [4.78, 5) is 38.7. The maximum absolute atomic E-state index is 12.4. The second-order valence-corrected chi connectivity index (χ2v) is 6.62. The molecule has 3 N–H and O–H groups in total. The molecule has 138 valence electrons. The Morgan fingerprint density at radius 2 is 1.74 bits per heavy atom. The average molecular weight is 363 g/mol. The third kappa shape index (κ3) is 4.41. The second kappa shape index (κ2) is 7.86. The van der Waals surface area contributed by atoms with Gasteiger partial charge in [-0.1, -0.05) is 44.2 Å². The van der Waals surface area contributed by atoms with E-state index in [0.717, 1.165) is 10.9 Å². The zero-order chi connectivity index (χ0) is 19.4. The number of carbonyl (C=O) groups excluding carboxylic acids is 2. The summed E-state index contributed by atoms with van der Waals surface area (Å²) in [5.41, 5.74) is 1.53. The predicted octanol–water partition coefficient (Wildman–Crippen LogP) is 3.05. The Morgan fingerprint density at radius 1 is 1.04 bits per heavy atom. The van der Waals surface area contributed by atoms with E-state index in [1.807, 2.05) is 32.0 Å². The summed E-state index contributed by atoms with van der Waals surface area (Å²) in [5.74, 6) is -0.487. The van der Waals surface area contributed by atoms with Crippen molar-refractivity contribution in [1.29, 1.82) is 0 Å². The maximum atomic E-state index is 12.4. The number of pyridine rings is 1. The zero-order valence-electron chi connectivity index (χ0n) is 15.2. The van der Waals surface area contributed by atoms with Crippen molar-refractivity contribution >= 4 is 28.3 Å². The summed E-state index contributed by atoms with van der Waals surface area (Å²) in [6, 6.07) is 16.0. The summed E-state index contributed by atoms with van der Waals surface area (Å²) >= 11 is 0. The number of benzene rings is 2. The van der Waals surface area contributed by atoms with E-state index in [2.05, 4.69) is 15.6 Å². The van der Waals surface area contributed by atoms with Gasteiger partial charge < -0.3 is 15.6 Å². The highest BCUT2D eigenvalue weighted by molar-refractivity contribution is 5.96. The van der Waals surface area contributed by atoms with Gasteiger partial charge in [0.05, 0.1) is 0 Å². The number of rotatable bonds is 5. The molecule has 6 nitrogen and oxygen atoms in total. The molecule has 1 aromatic heterocycles. The van der Waals surface area contributed by atoms with E-state index in [1.54, 1.807) is 36.4 Å². The fraction of sp³-hybridized carbons (Fsp3) is 0.190. The smallest absolute Gasteiger partial charge is 0.268 e. The number of hydrogen-bond acceptors (Lipinski definition) is 3. The Kier molecular flexibility index (Phi) is 5.35. The van der Waals surface area contributed by atoms with E-state index >= 15 is 0 Å². The molecule has 2 aromatic carbocycles. The molecule has 0 bridgehead atoms. The van der Waals surface area contributed by atoms with E-state index in [-0.39, 0.29) is 29.0 Å². The van der Waals surface area contributed by atoms with Crippen molar-refractivity contribution in [2.24, 2.45) is 5.92 Å². The minimum Gasteiger partial charge on any atom is -0.347 e. The third-order valence-corrected chi connectivity index (χ3v) is 4.20. The lowest BCUT2D eigenvalue weighted by Crippen LogP contribution is -2.26. The summed E-state index contributed by atoms with van der Waals surface area (Å²) in [6.45, 7) is 3.97. The number of aromatic amines is 1. The van der Waals surface area contributed by atoms with E-state index in [9.17, 15) is 14.4 Å². The summed E-state index contributed by atoms with van der Waals surface area (Å²) in [5, 5.41) is 6.87. The molecule has 0 saturated heterocycles. The highest BCUT2D eigenvalue weighted by Crippen LogP contribution is 2.12. The Balaban J connectivity index is 1.65. The predicted molar refractivity (Wildman–Crippen MR) is 106 cm³/mol. The molecule has 0 aliphatic carbocycles. The van der Waals surface area contributed by atoms with Gasteiger partial charge in [-0.25, -0.2) is 0 Å². The monoisotopic (exact) mass is 363 g/mol.